The van der Waals surface area contributed by atoms with Crippen molar-refractivity contribution in [3.8, 4) is 11.5 Å². The maximum atomic E-state index is 5.75. The lowest BCUT2D eigenvalue weighted by molar-refractivity contribution is 0.296. The van der Waals surface area contributed by atoms with E-state index in [4.69, 9.17) is 9.47 Å². The summed E-state index contributed by atoms with van der Waals surface area (Å²) in [5.41, 5.74) is 3.28. The Balaban J connectivity index is 1.77. The fourth-order valence-corrected chi connectivity index (χ4v) is 2.85. The Labute approximate surface area is 132 Å². The predicted octanol–water partition coefficient (Wildman–Crippen LogP) is 3.93. The molecule has 0 saturated carbocycles. The molecule has 1 N–H and O–H groups in total. The molecule has 0 bridgehead atoms. The predicted molar refractivity (Wildman–Crippen MR) is 86.0 cm³/mol. The van der Waals surface area contributed by atoms with Crippen molar-refractivity contribution in [2.45, 2.75) is 19.9 Å². The minimum absolute atomic E-state index is 0.693. The first-order chi connectivity index (χ1) is 10.2. The zero-order valence-corrected chi connectivity index (χ0v) is 13.4. The number of ether oxygens (including phenoxy) is 2. The van der Waals surface area contributed by atoms with Crippen LogP contribution >= 0.6 is 15.9 Å². The molecular formula is C16H17BrN2O2. The highest BCUT2D eigenvalue weighted by atomic mass is 79.9. The number of rotatable bonds is 3. The van der Waals surface area contributed by atoms with Crippen LogP contribution in [0.25, 0.3) is 0 Å². The van der Waals surface area contributed by atoms with Crippen molar-refractivity contribution in [1.29, 1.82) is 0 Å². The Morgan fingerprint density at radius 1 is 1.19 bits per heavy atom. The molecule has 5 heteroatoms. The number of pyridine rings is 1. The highest BCUT2D eigenvalue weighted by Gasteiger charge is 2.15. The van der Waals surface area contributed by atoms with E-state index in [1.165, 1.54) is 0 Å². The first kappa shape index (κ1) is 14.2. The Kier molecular flexibility index (Phi) is 4.29. The van der Waals surface area contributed by atoms with E-state index in [0.29, 0.717) is 19.8 Å². The molecule has 0 atom stereocenters. The molecule has 4 nitrogen and oxygen atoms in total. The molecule has 1 aliphatic heterocycles. The fourth-order valence-electron chi connectivity index (χ4n) is 2.24. The van der Waals surface area contributed by atoms with E-state index >= 15 is 0 Å². The topological polar surface area (TPSA) is 43.4 Å². The Bertz CT molecular complexity index is 646. The van der Waals surface area contributed by atoms with Gasteiger partial charge in [0.2, 0.25) is 0 Å². The molecule has 0 spiro atoms. The normalized spacial score (nSPS) is 13.6. The summed E-state index contributed by atoms with van der Waals surface area (Å²) in [6.45, 7) is 4.12. The summed E-state index contributed by atoms with van der Waals surface area (Å²) in [4.78, 5) is 4.18. The molecule has 0 aliphatic carbocycles. The summed E-state index contributed by atoms with van der Waals surface area (Å²) in [5.74, 6) is 1.61. The van der Waals surface area contributed by atoms with Gasteiger partial charge in [-0.05, 0) is 52.2 Å². The molecule has 1 aromatic heterocycles. The van der Waals surface area contributed by atoms with Gasteiger partial charge in [-0.15, -0.1) is 0 Å². The third-order valence-corrected chi connectivity index (χ3v) is 3.82. The molecule has 21 heavy (non-hydrogen) atoms. The van der Waals surface area contributed by atoms with Crippen LogP contribution in [0.1, 0.15) is 17.5 Å². The van der Waals surface area contributed by atoms with Crippen LogP contribution in [0.4, 0.5) is 5.69 Å². The van der Waals surface area contributed by atoms with Gasteiger partial charge in [-0.2, -0.15) is 0 Å². The molecule has 1 aromatic carbocycles. The number of hydrogen-bond acceptors (Lipinski definition) is 4. The number of nitrogens with zero attached hydrogens (tertiary/aromatic N) is 1. The summed E-state index contributed by atoms with van der Waals surface area (Å²) in [6.07, 6.45) is 4.57. The molecule has 0 saturated heterocycles. The van der Waals surface area contributed by atoms with Crippen LogP contribution in [0, 0.1) is 6.92 Å². The molecule has 2 aromatic rings. The van der Waals surface area contributed by atoms with Crippen molar-refractivity contribution >= 4 is 21.6 Å². The van der Waals surface area contributed by atoms with Gasteiger partial charge < -0.3 is 14.8 Å². The number of hydrogen-bond donors (Lipinski definition) is 1. The van der Waals surface area contributed by atoms with Crippen molar-refractivity contribution in [1.82, 2.24) is 4.98 Å². The number of aromatic nitrogens is 1. The highest BCUT2D eigenvalue weighted by Crippen LogP contribution is 2.38. The maximum absolute atomic E-state index is 5.75. The van der Waals surface area contributed by atoms with Gasteiger partial charge in [-0.1, -0.05) is 0 Å². The van der Waals surface area contributed by atoms with Crippen molar-refractivity contribution in [2.75, 3.05) is 18.5 Å². The average molecular weight is 349 g/mol. The molecule has 2 heterocycles. The van der Waals surface area contributed by atoms with Crippen molar-refractivity contribution in [2.24, 2.45) is 0 Å². The molecule has 3 rings (SSSR count). The van der Waals surface area contributed by atoms with E-state index in [1.54, 1.807) is 0 Å². The number of halogens is 1. The van der Waals surface area contributed by atoms with E-state index in [2.05, 4.69) is 38.4 Å². The lowest BCUT2D eigenvalue weighted by Crippen LogP contribution is -2.01. The van der Waals surface area contributed by atoms with Crippen LogP contribution in [0.5, 0.6) is 11.5 Å². The first-order valence-corrected chi connectivity index (χ1v) is 7.75. The third kappa shape index (κ3) is 3.47. The van der Waals surface area contributed by atoms with Crippen LogP contribution < -0.4 is 14.8 Å². The second kappa shape index (κ2) is 6.35. The monoisotopic (exact) mass is 348 g/mol. The SMILES string of the molecule is Cc1cncc(NCc2cc(Br)c3c(c2)OCCCO3)c1. The highest BCUT2D eigenvalue weighted by molar-refractivity contribution is 9.10. The average Bonchev–Trinajstić information content (AvgIpc) is 2.71. The van der Waals surface area contributed by atoms with Crippen LogP contribution in [0.15, 0.2) is 35.1 Å². The van der Waals surface area contributed by atoms with E-state index in [0.717, 1.165) is 39.2 Å². The molecule has 0 radical (unpaired) electrons. The van der Waals surface area contributed by atoms with Crippen LogP contribution in [-0.4, -0.2) is 18.2 Å². The quantitative estimate of drug-likeness (QED) is 0.912. The van der Waals surface area contributed by atoms with E-state index in [1.807, 2.05) is 25.4 Å². The van der Waals surface area contributed by atoms with Gasteiger partial charge in [0.1, 0.15) is 0 Å². The summed E-state index contributed by atoms with van der Waals surface area (Å²) in [7, 11) is 0. The zero-order valence-electron chi connectivity index (χ0n) is 11.9. The number of fused-ring (bicyclic) bond motifs is 1. The number of aryl methyl sites for hydroxylation is 1. The van der Waals surface area contributed by atoms with Gasteiger partial charge in [0.25, 0.3) is 0 Å². The second-order valence-electron chi connectivity index (χ2n) is 5.06. The molecule has 0 fully saturated rings. The third-order valence-electron chi connectivity index (χ3n) is 3.23. The Hall–Kier alpha value is -1.75. The summed E-state index contributed by atoms with van der Waals surface area (Å²) >= 11 is 3.56. The smallest absolute Gasteiger partial charge is 0.175 e. The first-order valence-electron chi connectivity index (χ1n) is 6.96. The summed E-state index contributed by atoms with van der Waals surface area (Å²) in [5, 5.41) is 3.37. The Morgan fingerprint density at radius 2 is 2.05 bits per heavy atom. The summed E-state index contributed by atoms with van der Waals surface area (Å²) < 4.78 is 12.4. The minimum atomic E-state index is 0.693. The second-order valence-corrected chi connectivity index (χ2v) is 5.91. The lowest BCUT2D eigenvalue weighted by atomic mass is 10.2. The zero-order chi connectivity index (χ0) is 14.7. The molecular weight excluding hydrogens is 332 g/mol. The van der Waals surface area contributed by atoms with E-state index in [9.17, 15) is 0 Å². The van der Waals surface area contributed by atoms with Crippen LogP contribution in [0.3, 0.4) is 0 Å². The van der Waals surface area contributed by atoms with Gasteiger partial charge in [0, 0.05) is 25.4 Å². The van der Waals surface area contributed by atoms with Crippen molar-refractivity contribution in [3.63, 3.8) is 0 Å². The van der Waals surface area contributed by atoms with Gasteiger partial charge in [-0.25, -0.2) is 0 Å². The van der Waals surface area contributed by atoms with Gasteiger partial charge in [0.05, 0.1) is 23.4 Å². The van der Waals surface area contributed by atoms with E-state index < -0.39 is 0 Å². The largest absolute Gasteiger partial charge is 0.490 e. The molecule has 0 amide bonds. The number of anilines is 1. The Morgan fingerprint density at radius 3 is 2.90 bits per heavy atom. The van der Waals surface area contributed by atoms with Gasteiger partial charge >= 0.3 is 0 Å². The molecule has 0 unspecified atom stereocenters. The minimum Gasteiger partial charge on any atom is -0.490 e. The summed E-state index contributed by atoms with van der Waals surface area (Å²) in [6, 6.07) is 6.16. The maximum Gasteiger partial charge on any atom is 0.175 e. The number of benzene rings is 1. The van der Waals surface area contributed by atoms with Crippen molar-refractivity contribution in [3.05, 3.63) is 46.2 Å². The lowest BCUT2D eigenvalue weighted by Gasteiger charge is -2.13. The van der Waals surface area contributed by atoms with Crippen LogP contribution in [0.2, 0.25) is 0 Å². The number of nitrogens with one attached hydrogen (secondary N) is 1. The van der Waals surface area contributed by atoms with Gasteiger partial charge in [-0.3, -0.25) is 4.98 Å². The fraction of sp³-hybridized carbons (Fsp3) is 0.312. The standard InChI is InChI=1S/C16H17BrN2O2/c1-11-5-13(10-18-8-11)19-9-12-6-14(17)16-15(7-12)20-3-2-4-21-16/h5-8,10,19H,2-4,9H2,1H3. The van der Waals surface area contributed by atoms with Crippen LogP contribution in [-0.2, 0) is 6.54 Å². The molecule has 1 aliphatic rings. The molecule has 110 valence electrons. The van der Waals surface area contributed by atoms with E-state index in [-0.39, 0.29) is 0 Å². The van der Waals surface area contributed by atoms with Gasteiger partial charge in [0.15, 0.2) is 11.5 Å². The van der Waals surface area contributed by atoms with Crippen molar-refractivity contribution < 1.29 is 9.47 Å².